The number of methoxy groups -OCH3 is 1. The van der Waals surface area contributed by atoms with Crippen LogP contribution in [0.1, 0.15) is 32.1 Å². The number of benzene rings is 1. The summed E-state index contributed by atoms with van der Waals surface area (Å²) in [5, 5.41) is 0.180. The van der Waals surface area contributed by atoms with Crippen LogP contribution in [0, 0.1) is 0 Å². The van der Waals surface area contributed by atoms with E-state index in [0.717, 1.165) is 24.2 Å². The van der Waals surface area contributed by atoms with Gasteiger partial charge >= 0.3 is 5.97 Å². The van der Waals surface area contributed by atoms with Crippen LogP contribution in [0.5, 0.6) is 0 Å². The predicted molar refractivity (Wildman–Crippen MR) is 72.4 cm³/mol. The van der Waals surface area contributed by atoms with E-state index >= 15 is 0 Å². The quantitative estimate of drug-likeness (QED) is 0.431. The topological polar surface area (TPSA) is 43.4 Å². The van der Waals surface area contributed by atoms with Gasteiger partial charge in [-0.15, -0.1) is 0 Å². The van der Waals surface area contributed by atoms with Crippen LogP contribution in [-0.2, 0) is 14.3 Å². The third kappa shape index (κ3) is 6.45. The highest BCUT2D eigenvalue weighted by molar-refractivity contribution is 8.13. The lowest BCUT2D eigenvalue weighted by atomic mass is 10.1. The Kier molecular flexibility index (Phi) is 7.18. The molecule has 0 saturated carbocycles. The Bertz CT molecular complexity index is 376. The van der Waals surface area contributed by atoms with E-state index in [0.29, 0.717) is 12.8 Å². The van der Waals surface area contributed by atoms with Crippen LogP contribution in [0.3, 0.4) is 0 Å². The second kappa shape index (κ2) is 8.75. The van der Waals surface area contributed by atoms with Crippen molar-refractivity contribution in [3.63, 3.8) is 0 Å². The van der Waals surface area contributed by atoms with E-state index in [9.17, 15) is 9.59 Å². The number of unbranched alkanes of at least 4 members (excludes halogenated alkanes) is 2. The Balaban J connectivity index is 2.09. The largest absolute Gasteiger partial charge is 0.469 e. The van der Waals surface area contributed by atoms with Gasteiger partial charge in [0.1, 0.15) is 0 Å². The van der Waals surface area contributed by atoms with Gasteiger partial charge in [0.15, 0.2) is 5.12 Å². The highest BCUT2D eigenvalue weighted by Gasteiger charge is 2.05. The Morgan fingerprint density at radius 2 is 1.72 bits per heavy atom. The van der Waals surface area contributed by atoms with Gasteiger partial charge in [0.2, 0.25) is 0 Å². The average Bonchev–Trinajstić information content (AvgIpc) is 2.39. The molecule has 0 aliphatic rings. The van der Waals surface area contributed by atoms with Gasteiger partial charge in [0.05, 0.1) is 7.11 Å². The molecule has 4 heteroatoms. The summed E-state index contributed by atoms with van der Waals surface area (Å²) in [7, 11) is 1.39. The maximum Gasteiger partial charge on any atom is 0.305 e. The molecule has 0 bridgehead atoms. The van der Waals surface area contributed by atoms with Crippen LogP contribution in [0.15, 0.2) is 35.2 Å². The highest BCUT2D eigenvalue weighted by atomic mass is 32.2. The molecule has 3 nitrogen and oxygen atoms in total. The van der Waals surface area contributed by atoms with Crippen LogP contribution in [0.2, 0.25) is 0 Å². The molecule has 0 heterocycles. The lowest BCUT2D eigenvalue weighted by Gasteiger charge is -2.01. The first-order valence-corrected chi connectivity index (χ1v) is 6.86. The molecule has 0 aromatic heterocycles. The summed E-state index contributed by atoms with van der Waals surface area (Å²) in [5.41, 5.74) is 0. The van der Waals surface area contributed by atoms with E-state index in [-0.39, 0.29) is 11.1 Å². The normalized spacial score (nSPS) is 10.1. The monoisotopic (exact) mass is 266 g/mol. The summed E-state index contributed by atoms with van der Waals surface area (Å²) in [5.74, 6) is -0.181. The number of ether oxygens (including phenoxy) is 1. The van der Waals surface area contributed by atoms with E-state index in [4.69, 9.17) is 0 Å². The van der Waals surface area contributed by atoms with E-state index in [2.05, 4.69) is 4.74 Å². The second-order valence-electron chi connectivity index (χ2n) is 3.92. The molecule has 98 valence electrons. The van der Waals surface area contributed by atoms with Crippen molar-refractivity contribution < 1.29 is 14.3 Å². The van der Waals surface area contributed by atoms with Gasteiger partial charge in [-0.3, -0.25) is 9.59 Å². The summed E-state index contributed by atoms with van der Waals surface area (Å²) >= 11 is 1.28. The average molecular weight is 266 g/mol. The smallest absolute Gasteiger partial charge is 0.305 e. The Hall–Kier alpha value is -1.29. The minimum absolute atomic E-state index is 0.180. The molecule has 0 unspecified atom stereocenters. The molecular formula is C14H18O3S. The minimum Gasteiger partial charge on any atom is -0.469 e. The number of hydrogen-bond donors (Lipinski definition) is 0. The van der Waals surface area contributed by atoms with E-state index in [1.807, 2.05) is 30.3 Å². The molecule has 1 aromatic rings. The third-order valence-corrected chi connectivity index (χ3v) is 3.40. The van der Waals surface area contributed by atoms with Gasteiger partial charge in [-0.2, -0.15) is 0 Å². The zero-order chi connectivity index (χ0) is 13.2. The maximum absolute atomic E-state index is 11.6. The van der Waals surface area contributed by atoms with Crippen LogP contribution in [-0.4, -0.2) is 18.2 Å². The predicted octanol–water partition coefficient (Wildman–Crippen LogP) is 3.43. The molecule has 0 radical (unpaired) electrons. The van der Waals surface area contributed by atoms with Crippen molar-refractivity contribution in [3.05, 3.63) is 30.3 Å². The van der Waals surface area contributed by atoms with E-state index < -0.39 is 0 Å². The van der Waals surface area contributed by atoms with Gasteiger partial charge in [0, 0.05) is 17.7 Å². The Morgan fingerprint density at radius 1 is 1.06 bits per heavy atom. The van der Waals surface area contributed by atoms with Gasteiger partial charge in [-0.1, -0.05) is 36.4 Å². The number of carbonyl (C=O) groups is 2. The SMILES string of the molecule is COC(=O)CCCCCC(=O)Sc1ccccc1. The molecule has 0 spiro atoms. The zero-order valence-corrected chi connectivity index (χ0v) is 11.4. The molecular weight excluding hydrogens is 248 g/mol. The minimum atomic E-state index is -0.181. The number of thioether (sulfide) groups is 1. The van der Waals surface area contributed by atoms with Crippen LogP contribution >= 0.6 is 11.8 Å². The first-order chi connectivity index (χ1) is 8.72. The Labute approximate surface area is 112 Å². The van der Waals surface area contributed by atoms with E-state index in [1.54, 1.807) is 0 Å². The fourth-order valence-electron chi connectivity index (χ4n) is 1.49. The fraction of sp³-hybridized carbons (Fsp3) is 0.429. The van der Waals surface area contributed by atoms with Crippen molar-refractivity contribution in [2.24, 2.45) is 0 Å². The molecule has 0 aliphatic heterocycles. The van der Waals surface area contributed by atoms with Crippen LogP contribution < -0.4 is 0 Å². The molecule has 0 saturated heterocycles. The molecule has 0 amide bonds. The molecule has 0 fully saturated rings. The Morgan fingerprint density at radius 3 is 2.39 bits per heavy atom. The van der Waals surface area contributed by atoms with Gasteiger partial charge in [-0.05, 0) is 25.0 Å². The second-order valence-corrected chi connectivity index (χ2v) is 5.05. The van der Waals surface area contributed by atoms with Gasteiger partial charge in [0.25, 0.3) is 0 Å². The first-order valence-electron chi connectivity index (χ1n) is 6.05. The lowest BCUT2D eigenvalue weighted by Crippen LogP contribution is -1.99. The summed E-state index contributed by atoms with van der Waals surface area (Å²) in [4.78, 5) is 23.5. The van der Waals surface area contributed by atoms with Crippen LogP contribution in [0.4, 0.5) is 0 Å². The van der Waals surface area contributed by atoms with Crippen LogP contribution in [0.25, 0.3) is 0 Å². The number of rotatable bonds is 7. The molecule has 1 aromatic carbocycles. The van der Waals surface area contributed by atoms with Crippen molar-refractivity contribution in [2.75, 3.05) is 7.11 Å². The summed E-state index contributed by atoms with van der Waals surface area (Å²) in [6.07, 6.45) is 3.50. The summed E-state index contributed by atoms with van der Waals surface area (Å²) in [6.45, 7) is 0. The van der Waals surface area contributed by atoms with E-state index in [1.165, 1.54) is 18.9 Å². The molecule has 1 rings (SSSR count). The molecule has 0 N–H and O–H groups in total. The first kappa shape index (κ1) is 14.8. The maximum atomic E-state index is 11.6. The standard InChI is InChI=1S/C14H18O3S/c1-17-13(15)10-6-3-7-11-14(16)18-12-8-4-2-5-9-12/h2,4-5,8-9H,3,6-7,10-11H2,1H3. The van der Waals surface area contributed by atoms with Crippen molar-refractivity contribution >= 4 is 22.8 Å². The number of hydrogen-bond acceptors (Lipinski definition) is 4. The van der Waals surface area contributed by atoms with Gasteiger partial charge in [-0.25, -0.2) is 0 Å². The van der Waals surface area contributed by atoms with Crippen molar-refractivity contribution in [3.8, 4) is 0 Å². The van der Waals surface area contributed by atoms with Crippen molar-refractivity contribution in [1.82, 2.24) is 0 Å². The number of carbonyl (C=O) groups excluding carboxylic acids is 2. The van der Waals surface area contributed by atoms with Crippen molar-refractivity contribution in [1.29, 1.82) is 0 Å². The van der Waals surface area contributed by atoms with Gasteiger partial charge < -0.3 is 4.74 Å². The fourth-order valence-corrected chi connectivity index (χ4v) is 2.29. The summed E-state index contributed by atoms with van der Waals surface area (Å²) < 4.78 is 4.55. The van der Waals surface area contributed by atoms with Crippen molar-refractivity contribution in [2.45, 2.75) is 37.0 Å². The highest BCUT2D eigenvalue weighted by Crippen LogP contribution is 2.20. The number of esters is 1. The molecule has 0 atom stereocenters. The summed E-state index contributed by atoms with van der Waals surface area (Å²) in [6, 6.07) is 9.64. The molecule has 0 aliphatic carbocycles. The lowest BCUT2D eigenvalue weighted by molar-refractivity contribution is -0.140. The third-order valence-electron chi connectivity index (χ3n) is 2.46. The zero-order valence-electron chi connectivity index (χ0n) is 10.6. The molecule has 18 heavy (non-hydrogen) atoms.